The molecule has 96 valence electrons. The van der Waals surface area contributed by atoms with Gasteiger partial charge in [-0.05, 0) is 6.92 Å². The number of aliphatic carboxylic acids is 1. The quantitative estimate of drug-likeness (QED) is 0.882. The fraction of sp³-hybridized carbons (Fsp3) is 0.600. The van der Waals surface area contributed by atoms with Crippen LogP contribution in [0.5, 0.6) is 0 Å². The zero-order chi connectivity index (χ0) is 13.2. The van der Waals surface area contributed by atoms with Crippen LogP contribution in [0.3, 0.4) is 0 Å². The maximum Gasteiger partial charge on any atom is 0.307 e. The minimum atomic E-state index is -1.26. The fourth-order valence-corrected chi connectivity index (χ4v) is 3.16. The summed E-state index contributed by atoms with van der Waals surface area (Å²) in [5, 5.41) is 13.3. The number of carboxylic acid groups (broad SMARTS) is 1. The van der Waals surface area contributed by atoms with Gasteiger partial charge in [0.05, 0.1) is 28.1 Å². The van der Waals surface area contributed by atoms with Gasteiger partial charge in [0.25, 0.3) is 0 Å². The Morgan fingerprint density at radius 1 is 1.65 bits per heavy atom. The van der Waals surface area contributed by atoms with Gasteiger partial charge in [0.1, 0.15) is 0 Å². The summed E-state index contributed by atoms with van der Waals surface area (Å²) in [6, 6.07) is 0. The molecule has 17 heavy (non-hydrogen) atoms. The van der Waals surface area contributed by atoms with Gasteiger partial charge in [-0.15, -0.1) is 0 Å². The first-order valence-electron chi connectivity index (χ1n) is 5.08. The lowest BCUT2D eigenvalue weighted by atomic mass is 10.2. The molecule has 0 aliphatic heterocycles. The number of rotatable bonds is 5. The van der Waals surface area contributed by atoms with E-state index in [-0.39, 0.29) is 11.5 Å². The third-order valence-corrected chi connectivity index (χ3v) is 4.38. The Bertz CT molecular complexity index is 459. The lowest BCUT2D eigenvalue weighted by Crippen LogP contribution is -2.18. The molecule has 0 fully saturated rings. The lowest BCUT2D eigenvalue weighted by molar-refractivity contribution is -0.140. The highest BCUT2D eigenvalue weighted by atomic mass is 35.5. The summed E-state index contributed by atoms with van der Waals surface area (Å²) in [6.07, 6.45) is 0. The van der Waals surface area contributed by atoms with Crippen LogP contribution in [0.25, 0.3) is 0 Å². The number of halogens is 1. The summed E-state index contributed by atoms with van der Waals surface area (Å²) in [5.41, 5.74) is 1.37. The van der Waals surface area contributed by atoms with Gasteiger partial charge in [0.2, 0.25) is 0 Å². The van der Waals surface area contributed by atoms with Crippen LogP contribution in [-0.4, -0.2) is 30.8 Å². The third-order valence-electron chi connectivity index (χ3n) is 2.42. The Balaban J connectivity index is 2.72. The lowest BCUT2D eigenvalue weighted by Gasteiger charge is -2.06. The minimum absolute atomic E-state index is 0.121. The Hall–Kier alpha value is -0.880. The standard InChI is InChI=1S/C10H15ClN2O3S/c1-6(10(14)15)4-17(16)5-8-9(11)7(2)12-13(8)3/h6H,4-5H2,1-3H3,(H,14,15). The van der Waals surface area contributed by atoms with Crippen LogP contribution in [0, 0.1) is 12.8 Å². The number of nitrogens with zero attached hydrogens (tertiary/aromatic N) is 2. The van der Waals surface area contributed by atoms with Crippen LogP contribution in [0.2, 0.25) is 5.02 Å². The van der Waals surface area contributed by atoms with Crippen LogP contribution < -0.4 is 0 Å². The SMILES string of the molecule is Cc1nn(C)c(CS(=O)CC(C)C(=O)O)c1Cl. The van der Waals surface area contributed by atoms with Gasteiger partial charge in [0, 0.05) is 23.6 Å². The molecule has 1 aromatic heterocycles. The molecule has 0 spiro atoms. The van der Waals surface area contributed by atoms with Crippen LogP contribution >= 0.6 is 11.6 Å². The number of hydrogen-bond donors (Lipinski definition) is 1. The zero-order valence-corrected chi connectivity index (χ0v) is 11.5. The Morgan fingerprint density at radius 2 is 2.24 bits per heavy atom. The van der Waals surface area contributed by atoms with E-state index in [1.165, 1.54) is 6.92 Å². The van der Waals surface area contributed by atoms with Crippen molar-refractivity contribution in [2.24, 2.45) is 13.0 Å². The second-order valence-corrected chi connectivity index (χ2v) is 5.84. The second kappa shape index (κ2) is 5.64. The van der Waals surface area contributed by atoms with Crippen LogP contribution in [-0.2, 0) is 28.4 Å². The van der Waals surface area contributed by atoms with Gasteiger partial charge >= 0.3 is 5.97 Å². The molecule has 0 saturated heterocycles. The number of hydrogen-bond acceptors (Lipinski definition) is 3. The van der Waals surface area contributed by atoms with Crippen LogP contribution in [0.4, 0.5) is 0 Å². The van der Waals surface area contributed by atoms with Gasteiger partial charge < -0.3 is 5.11 Å². The van der Waals surface area contributed by atoms with E-state index in [1.807, 2.05) is 0 Å². The van der Waals surface area contributed by atoms with Crippen molar-refractivity contribution in [1.29, 1.82) is 0 Å². The van der Waals surface area contributed by atoms with Crippen molar-refractivity contribution in [1.82, 2.24) is 9.78 Å². The molecule has 1 N–H and O–H groups in total. The number of carboxylic acids is 1. The minimum Gasteiger partial charge on any atom is -0.481 e. The van der Waals surface area contributed by atoms with Crippen molar-refractivity contribution in [2.75, 3.05) is 5.75 Å². The number of aromatic nitrogens is 2. The highest BCUT2D eigenvalue weighted by molar-refractivity contribution is 7.84. The summed E-state index contributed by atoms with van der Waals surface area (Å²) in [7, 11) is 0.473. The predicted octanol–water partition coefficient (Wildman–Crippen LogP) is 1.35. The van der Waals surface area contributed by atoms with Gasteiger partial charge in [-0.3, -0.25) is 13.7 Å². The van der Waals surface area contributed by atoms with E-state index in [0.717, 1.165) is 0 Å². The van der Waals surface area contributed by atoms with E-state index in [4.69, 9.17) is 16.7 Å². The summed E-state index contributed by atoms with van der Waals surface area (Å²) in [5.74, 6) is -1.21. The molecular weight excluding hydrogens is 264 g/mol. The molecule has 1 heterocycles. The molecule has 0 aliphatic carbocycles. The molecule has 0 aliphatic rings. The molecule has 0 aromatic carbocycles. The molecular formula is C10H15ClN2O3S. The molecule has 5 nitrogen and oxygen atoms in total. The smallest absolute Gasteiger partial charge is 0.307 e. The molecule has 1 rings (SSSR count). The van der Waals surface area contributed by atoms with Crippen molar-refractivity contribution in [3.05, 3.63) is 16.4 Å². The highest BCUT2D eigenvalue weighted by Crippen LogP contribution is 2.21. The molecule has 1 aromatic rings. The van der Waals surface area contributed by atoms with E-state index in [0.29, 0.717) is 16.4 Å². The Kier molecular flexibility index (Phi) is 4.70. The molecule has 0 saturated carbocycles. The summed E-state index contributed by atoms with van der Waals surface area (Å²) in [6.45, 7) is 3.31. The second-order valence-electron chi connectivity index (χ2n) is 3.96. The summed E-state index contributed by atoms with van der Waals surface area (Å²) in [4.78, 5) is 10.6. The topological polar surface area (TPSA) is 72.2 Å². The van der Waals surface area contributed by atoms with Crippen molar-refractivity contribution < 1.29 is 14.1 Å². The van der Waals surface area contributed by atoms with E-state index < -0.39 is 22.7 Å². The third kappa shape index (κ3) is 3.54. The Labute approximate surface area is 107 Å². The van der Waals surface area contributed by atoms with Gasteiger partial charge in [0.15, 0.2) is 0 Å². The van der Waals surface area contributed by atoms with E-state index in [2.05, 4.69) is 5.10 Å². The first-order chi connectivity index (χ1) is 7.82. The fourth-order valence-electron chi connectivity index (χ4n) is 1.40. The molecule has 2 unspecified atom stereocenters. The molecule has 0 amide bonds. The molecule has 7 heteroatoms. The van der Waals surface area contributed by atoms with E-state index in [9.17, 15) is 9.00 Å². The van der Waals surface area contributed by atoms with Gasteiger partial charge in [-0.1, -0.05) is 18.5 Å². The van der Waals surface area contributed by atoms with Gasteiger partial charge in [-0.2, -0.15) is 5.10 Å². The van der Waals surface area contributed by atoms with Crippen LogP contribution in [0.15, 0.2) is 0 Å². The Morgan fingerprint density at radius 3 is 2.65 bits per heavy atom. The molecule has 0 radical (unpaired) electrons. The van der Waals surface area contributed by atoms with E-state index in [1.54, 1.807) is 18.7 Å². The highest BCUT2D eigenvalue weighted by Gasteiger charge is 2.18. The molecule has 2 atom stereocenters. The van der Waals surface area contributed by atoms with Crippen molar-refractivity contribution in [3.63, 3.8) is 0 Å². The summed E-state index contributed by atoms with van der Waals surface area (Å²) >= 11 is 6.02. The van der Waals surface area contributed by atoms with E-state index >= 15 is 0 Å². The predicted molar refractivity (Wildman–Crippen MR) is 66.5 cm³/mol. The maximum atomic E-state index is 11.8. The monoisotopic (exact) mass is 278 g/mol. The van der Waals surface area contributed by atoms with Crippen molar-refractivity contribution >= 4 is 28.4 Å². The number of aryl methyl sites for hydroxylation is 2. The molecule has 0 bridgehead atoms. The first kappa shape index (κ1) is 14.2. The average Bonchev–Trinajstić information content (AvgIpc) is 2.45. The van der Waals surface area contributed by atoms with Crippen molar-refractivity contribution in [2.45, 2.75) is 19.6 Å². The van der Waals surface area contributed by atoms with Gasteiger partial charge in [-0.25, -0.2) is 0 Å². The first-order valence-corrected chi connectivity index (χ1v) is 6.95. The zero-order valence-electron chi connectivity index (χ0n) is 9.94. The van der Waals surface area contributed by atoms with Crippen LogP contribution in [0.1, 0.15) is 18.3 Å². The summed E-state index contributed by atoms with van der Waals surface area (Å²) < 4.78 is 13.4. The average molecular weight is 279 g/mol. The van der Waals surface area contributed by atoms with Crippen molar-refractivity contribution in [3.8, 4) is 0 Å². The maximum absolute atomic E-state index is 11.8. The largest absolute Gasteiger partial charge is 0.481 e. The number of carbonyl (C=O) groups is 1. The normalized spacial score (nSPS) is 14.6.